The molecule has 2 rings (SSSR count). The molecule has 1 aliphatic carbocycles. The molecule has 21 heavy (non-hydrogen) atoms. The van der Waals surface area contributed by atoms with Crippen molar-refractivity contribution in [2.45, 2.75) is 58.1 Å². The fraction of sp³-hybridized carbons (Fsp3) is 0.667. The maximum atomic E-state index is 6.00. The van der Waals surface area contributed by atoms with Crippen LogP contribution in [0.25, 0.3) is 0 Å². The molecule has 1 aromatic carbocycles. The summed E-state index contributed by atoms with van der Waals surface area (Å²) < 4.78 is 11.7. The highest BCUT2D eigenvalue weighted by Crippen LogP contribution is 2.28. The summed E-state index contributed by atoms with van der Waals surface area (Å²) in [6, 6.07) is 7.99. The molecule has 3 heteroatoms. The van der Waals surface area contributed by atoms with Gasteiger partial charge in [0.15, 0.2) is 0 Å². The molecule has 0 aromatic heterocycles. The summed E-state index contributed by atoms with van der Waals surface area (Å²) in [6.45, 7) is 4.35. The molecule has 0 amide bonds. The van der Waals surface area contributed by atoms with E-state index < -0.39 is 0 Å². The van der Waals surface area contributed by atoms with Crippen LogP contribution in [0.5, 0.6) is 5.75 Å². The molecule has 1 aliphatic rings. The highest BCUT2D eigenvalue weighted by Gasteiger charge is 2.20. The first-order valence-corrected chi connectivity index (χ1v) is 8.35. The number of ether oxygens (including phenoxy) is 2. The van der Waals surface area contributed by atoms with Crippen molar-refractivity contribution in [3.8, 4) is 5.75 Å². The highest BCUT2D eigenvalue weighted by atomic mass is 16.5. The summed E-state index contributed by atoms with van der Waals surface area (Å²) in [5, 5.41) is 0. The molecule has 1 saturated carbocycles. The van der Waals surface area contributed by atoms with Gasteiger partial charge in [0.2, 0.25) is 0 Å². The maximum absolute atomic E-state index is 6.00. The third-order valence-electron chi connectivity index (χ3n) is 4.36. The van der Waals surface area contributed by atoms with Crippen LogP contribution >= 0.6 is 0 Å². The molecule has 1 fully saturated rings. The lowest BCUT2D eigenvalue weighted by molar-refractivity contribution is 0.00767. The number of hydrogen-bond donors (Lipinski definition) is 1. The third-order valence-corrected chi connectivity index (χ3v) is 4.36. The van der Waals surface area contributed by atoms with Crippen molar-refractivity contribution in [3.05, 3.63) is 29.8 Å². The van der Waals surface area contributed by atoms with Gasteiger partial charge >= 0.3 is 0 Å². The molecule has 1 aromatic rings. The fourth-order valence-corrected chi connectivity index (χ4v) is 3.03. The minimum Gasteiger partial charge on any atom is -0.493 e. The van der Waals surface area contributed by atoms with E-state index in [4.69, 9.17) is 15.2 Å². The van der Waals surface area contributed by atoms with Gasteiger partial charge in [-0.25, -0.2) is 0 Å². The Kier molecular flexibility index (Phi) is 7.04. The van der Waals surface area contributed by atoms with Crippen molar-refractivity contribution < 1.29 is 9.47 Å². The number of hydrogen-bond acceptors (Lipinski definition) is 3. The van der Waals surface area contributed by atoms with Gasteiger partial charge in [-0.15, -0.1) is 0 Å². The zero-order chi connectivity index (χ0) is 14.9. The van der Waals surface area contributed by atoms with Gasteiger partial charge < -0.3 is 15.2 Å². The summed E-state index contributed by atoms with van der Waals surface area (Å²) in [7, 11) is 0. The summed E-state index contributed by atoms with van der Waals surface area (Å²) in [5.74, 6) is 1.78. The van der Waals surface area contributed by atoms with Crippen LogP contribution < -0.4 is 10.5 Å². The molecule has 2 N–H and O–H groups in total. The van der Waals surface area contributed by atoms with E-state index in [1.165, 1.54) is 32.1 Å². The lowest BCUT2D eigenvalue weighted by atomic mass is 9.85. The quantitative estimate of drug-likeness (QED) is 0.739. The maximum Gasteiger partial charge on any atom is 0.119 e. The van der Waals surface area contributed by atoms with Crippen LogP contribution in [0.3, 0.4) is 0 Å². The van der Waals surface area contributed by atoms with E-state index in [1.54, 1.807) is 0 Å². The van der Waals surface area contributed by atoms with Crippen molar-refractivity contribution in [2.75, 3.05) is 13.2 Å². The van der Waals surface area contributed by atoms with Crippen LogP contribution in [0.1, 0.15) is 51.0 Å². The van der Waals surface area contributed by atoms with Gasteiger partial charge in [-0.1, -0.05) is 38.3 Å². The summed E-state index contributed by atoms with van der Waals surface area (Å²) in [5.41, 5.74) is 6.73. The first kappa shape index (κ1) is 16.3. The Balaban J connectivity index is 1.59. The third kappa shape index (κ3) is 5.68. The summed E-state index contributed by atoms with van der Waals surface area (Å²) >= 11 is 0. The van der Waals surface area contributed by atoms with E-state index in [1.807, 2.05) is 24.3 Å². The predicted octanol–water partition coefficient (Wildman–Crippen LogP) is 3.90. The van der Waals surface area contributed by atoms with Crippen LogP contribution in [0.4, 0.5) is 0 Å². The van der Waals surface area contributed by atoms with Gasteiger partial charge in [0.1, 0.15) is 5.75 Å². The van der Waals surface area contributed by atoms with E-state index in [2.05, 4.69) is 6.92 Å². The van der Waals surface area contributed by atoms with Gasteiger partial charge in [-0.05, 0) is 36.5 Å². The Morgan fingerprint density at radius 1 is 1.24 bits per heavy atom. The van der Waals surface area contributed by atoms with Crippen LogP contribution in [0.15, 0.2) is 24.3 Å². The van der Waals surface area contributed by atoms with Crippen molar-refractivity contribution in [3.63, 3.8) is 0 Å². The van der Waals surface area contributed by atoms with Gasteiger partial charge in [0.05, 0.1) is 19.3 Å². The molecule has 0 radical (unpaired) electrons. The van der Waals surface area contributed by atoms with Crippen molar-refractivity contribution >= 4 is 0 Å². The largest absolute Gasteiger partial charge is 0.493 e. The standard InChI is InChI=1S/C18H29NO2/c1-2-15-6-3-8-17(12-15)20-10-5-11-21-18-9-4-7-16(13-18)14-19/h4,7,9,13,15,17H,2-3,5-6,8,10-12,14,19H2,1H3. The van der Waals surface area contributed by atoms with Gasteiger partial charge in [-0.2, -0.15) is 0 Å². The van der Waals surface area contributed by atoms with E-state index in [9.17, 15) is 0 Å². The second kappa shape index (κ2) is 9.06. The molecule has 0 heterocycles. The molecule has 118 valence electrons. The predicted molar refractivity (Wildman–Crippen MR) is 86.4 cm³/mol. The SMILES string of the molecule is CCC1CCCC(OCCCOc2cccc(CN)c2)C1. The monoisotopic (exact) mass is 291 g/mol. The Hall–Kier alpha value is -1.06. The Labute approximate surface area is 128 Å². The topological polar surface area (TPSA) is 44.5 Å². The van der Waals surface area contributed by atoms with Gasteiger partial charge in [0, 0.05) is 13.0 Å². The molecule has 0 bridgehead atoms. The zero-order valence-corrected chi connectivity index (χ0v) is 13.2. The van der Waals surface area contributed by atoms with E-state index in [0.717, 1.165) is 30.3 Å². The van der Waals surface area contributed by atoms with Crippen LogP contribution in [0, 0.1) is 5.92 Å². The normalized spacial score (nSPS) is 22.2. The second-order valence-electron chi connectivity index (χ2n) is 5.99. The number of benzene rings is 1. The molecule has 2 atom stereocenters. The van der Waals surface area contributed by atoms with Gasteiger partial charge in [0.25, 0.3) is 0 Å². The number of rotatable bonds is 8. The van der Waals surface area contributed by atoms with E-state index >= 15 is 0 Å². The molecule has 3 nitrogen and oxygen atoms in total. The van der Waals surface area contributed by atoms with E-state index in [-0.39, 0.29) is 0 Å². The van der Waals surface area contributed by atoms with Crippen LogP contribution in [-0.4, -0.2) is 19.3 Å². The summed E-state index contributed by atoms with van der Waals surface area (Å²) in [6.07, 6.45) is 7.90. The highest BCUT2D eigenvalue weighted by molar-refractivity contribution is 5.28. The molecular weight excluding hydrogens is 262 g/mol. The van der Waals surface area contributed by atoms with Gasteiger partial charge in [-0.3, -0.25) is 0 Å². The van der Waals surface area contributed by atoms with E-state index in [0.29, 0.717) is 19.3 Å². The first-order chi connectivity index (χ1) is 10.3. The second-order valence-corrected chi connectivity index (χ2v) is 5.99. The average molecular weight is 291 g/mol. The van der Waals surface area contributed by atoms with Crippen molar-refractivity contribution in [1.82, 2.24) is 0 Å². The molecule has 0 spiro atoms. The van der Waals surface area contributed by atoms with Crippen LogP contribution in [0.2, 0.25) is 0 Å². The average Bonchev–Trinajstić information content (AvgIpc) is 2.55. The van der Waals surface area contributed by atoms with Crippen molar-refractivity contribution in [2.24, 2.45) is 11.7 Å². The van der Waals surface area contributed by atoms with Crippen LogP contribution in [-0.2, 0) is 11.3 Å². The molecular formula is C18H29NO2. The summed E-state index contributed by atoms with van der Waals surface area (Å²) in [4.78, 5) is 0. The minimum absolute atomic E-state index is 0.476. The molecule has 0 saturated heterocycles. The lowest BCUT2D eigenvalue weighted by Crippen LogP contribution is -2.23. The lowest BCUT2D eigenvalue weighted by Gasteiger charge is -2.28. The number of nitrogens with two attached hydrogens (primary N) is 1. The zero-order valence-electron chi connectivity index (χ0n) is 13.2. The molecule has 2 unspecified atom stereocenters. The minimum atomic E-state index is 0.476. The Morgan fingerprint density at radius 2 is 2.14 bits per heavy atom. The first-order valence-electron chi connectivity index (χ1n) is 8.35. The smallest absolute Gasteiger partial charge is 0.119 e. The Bertz CT molecular complexity index is 408. The Morgan fingerprint density at radius 3 is 2.95 bits per heavy atom. The molecule has 0 aliphatic heterocycles. The fourth-order valence-electron chi connectivity index (χ4n) is 3.03. The van der Waals surface area contributed by atoms with Crippen molar-refractivity contribution in [1.29, 1.82) is 0 Å².